The first-order chi connectivity index (χ1) is 8.19. The molecule has 0 atom stereocenters. The van der Waals surface area contributed by atoms with Gasteiger partial charge in [0.25, 0.3) is 0 Å². The second-order valence-electron chi connectivity index (χ2n) is 3.88. The summed E-state index contributed by atoms with van der Waals surface area (Å²) < 4.78 is 18.4. The predicted octanol–water partition coefficient (Wildman–Crippen LogP) is 3.01. The molecule has 0 saturated heterocycles. The molecule has 2 rings (SSSR count). The monoisotopic (exact) mass is 231 g/mol. The summed E-state index contributed by atoms with van der Waals surface area (Å²) in [6, 6.07) is 12.1. The molecule has 2 nitrogen and oxygen atoms in total. The van der Waals surface area contributed by atoms with Crippen LogP contribution in [0.15, 0.2) is 42.5 Å². The minimum Gasteiger partial charge on any atom is -0.496 e. The molecule has 0 aliphatic carbocycles. The summed E-state index contributed by atoms with van der Waals surface area (Å²) in [6.07, 6.45) is 0.603. The third kappa shape index (κ3) is 2.75. The summed E-state index contributed by atoms with van der Waals surface area (Å²) >= 11 is 0. The minimum atomic E-state index is -0.260. The summed E-state index contributed by atoms with van der Waals surface area (Å²) in [7, 11) is 1.58. The van der Waals surface area contributed by atoms with E-state index in [9.17, 15) is 4.39 Å². The van der Waals surface area contributed by atoms with E-state index in [0.717, 1.165) is 11.1 Å². The second-order valence-corrected chi connectivity index (χ2v) is 3.88. The van der Waals surface area contributed by atoms with Crippen LogP contribution in [0.2, 0.25) is 0 Å². The van der Waals surface area contributed by atoms with Gasteiger partial charge in [-0.2, -0.15) is 0 Å². The van der Waals surface area contributed by atoms with Gasteiger partial charge in [0.15, 0.2) is 0 Å². The third-order valence-electron chi connectivity index (χ3n) is 2.59. The molecule has 0 aliphatic rings. The highest BCUT2D eigenvalue weighted by molar-refractivity contribution is 5.44. The van der Waals surface area contributed by atoms with Gasteiger partial charge in [-0.05, 0) is 35.9 Å². The molecule has 0 bridgehead atoms. The molecule has 88 valence electrons. The molecule has 0 heterocycles. The van der Waals surface area contributed by atoms with Crippen LogP contribution in [-0.4, -0.2) is 7.11 Å². The van der Waals surface area contributed by atoms with E-state index in [0.29, 0.717) is 17.9 Å². The molecular formula is C14H14FNO. The normalized spacial score (nSPS) is 10.2. The Morgan fingerprint density at radius 2 is 2.00 bits per heavy atom. The molecule has 0 aliphatic heterocycles. The van der Waals surface area contributed by atoms with E-state index in [1.54, 1.807) is 13.2 Å². The molecule has 0 amide bonds. The highest BCUT2D eigenvalue weighted by Gasteiger charge is 2.05. The van der Waals surface area contributed by atoms with Gasteiger partial charge in [0, 0.05) is 17.7 Å². The van der Waals surface area contributed by atoms with Gasteiger partial charge in [0.1, 0.15) is 11.6 Å². The number of halogens is 1. The predicted molar refractivity (Wildman–Crippen MR) is 66.6 cm³/mol. The van der Waals surface area contributed by atoms with Crippen molar-refractivity contribution in [3.8, 4) is 5.75 Å². The number of hydrogen-bond acceptors (Lipinski definition) is 2. The highest BCUT2D eigenvalue weighted by Crippen LogP contribution is 2.23. The fraction of sp³-hybridized carbons (Fsp3) is 0.143. The average molecular weight is 231 g/mol. The van der Waals surface area contributed by atoms with Gasteiger partial charge in [-0.25, -0.2) is 4.39 Å². The van der Waals surface area contributed by atoms with Crippen LogP contribution in [-0.2, 0) is 6.42 Å². The van der Waals surface area contributed by atoms with Crippen LogP contribution < -0.4 is 10.5 Å². The quantitative estimate of drug-likeness (QED) is 0.824. The first-order valence-corrected chi connectivity index (χ1v) is 5.36. The zero-order valence-electron chi connectivity index (χ0n) is 9.61. The SMILES string of the molecule is COc1ccc(F)cc1Cc1cccc(N)c1. The van der Waals surface area contributed by atoms with Gasteiger partial charge in [-0.15, -0.1) is 0 Å². The Bertz CT molecular complexity index is 525. The van der Waals surface area contributed by atoms with E-state index in [1.165, 1.54) is 12.1 Å². The van der Waals surface area contributed by atoms with E-state index in [1.807, 2.05) is 24.3 Å². The molecule has 0 unspecified atom stereocenters. The van der Waals surface area contributed by atoms with E-state index in [-0.39, 0.29) is 5.82 Å². The van der Waals surface area contributed by atoms with Crippen LogP contribution in [0.5, 0.6) is 5.75 Å². The van der Waals surface area contributed by atoms with Crippen molar-refractivity contribution in [2.45, 2.75) is 6.42 Å². The van der Waals surface area contributed by atoms with Gasteiger partial charge < -0.3 is 10.5 Å². The highest BCUT2D eigenvalue weighted by atomic mass is 19.1. The number of benzene rings is 2. The van der Waals surface area contributed by atoms with Crippen molar-refractivity contribution in [3.63, 3.8) is 0 Å². The fourth-order valence-corrected chi connectivity index (χ4v) is 1.81. The molecule has 3 heteroatoms. The molecule has 2 aromatic carbocycles. The summed E-state index contributed by atoms with van der Waals surface area (Å²) in [4.78, 5) is 0. The van der Waals surface area contributed by atoms with E-state index < -0.39 is 0 Å². The second kappa shape index (κ2) is 4.87. The molecule has 2 aromatic rings. The molecule has 0 radical (unpaired) electrons. The van der Waals surface area contributed by atoms with Crippen LogP contribution in [0.3, 0.4) is 0 Å². The third-order valence-corrected chi connectivity index (χ3v) is 2.59. The molecule has 0 saturated carbocycles. The van der Waals surface area contributed by atoms with Gasteiger partial charge >= 0.3 is 0 Å². The molecule has 17 heavy (non-hydrogen) atoms. The number of hydrogen-bond donors (Lipinski definition) is 1. The van der Waals surface area contributed by atoms with E-state index in [4.69, 9.17) is 10.5 Å². The lowest BCUT2D eigenvalue weighted by Crippen LogP contribution is -1.96. The van der Waals surface area contributed by atoms with Crippen molar-refractivity contribution >= 4 is 5.69 Å². The number of rotatable bonds is 3. The first-order valence-electron chi connectivity index (χ1n) is 5.36. The van der Waals surface area contributed by atoms with Crippen LogP contribution >= 0.6 is 0 Å². The Labute approximate surface area is 99.8 Å². The van der Waals surface area contributed by atoms with Crippen LogP contribution in [0.4, 0.5) is 10.1 Å². The summed E-state index contributed by atoms with van der Waals surface area (Å²) in [5.41, 5.74) is 8.27. The Morgan fingerprint density at radius 1 is 1.18 bits per heavy atom. The molecule has 0 spiro atoms. The standard InChI is InChI=1S/C14H14FNO/c1-17-14-6-5-12(15)9-11(14)7-10-3-2-4-13(16)8-10/h2-6,8-9H,7,16H2,1H3. The number of ether oxygens (including phenoxy) is 1. The van der Waals surface area contributed by atoms with Crippen molar-refractivity contribution in [2.75, 3.05) is 12.8 Å². The maximum atomic E-state index is 13.2. The van der Waals surface area contributed by atoms with E-state index >= 15 is 0 Å². The van der Waals surface area contributed by atoms with Crippen molar-refractivity contribution in [3.05, 3.63) is 59.4 Å². The van der Waals surface area contributed by atoms with Crippen LogP contribution in [0, 0.1) is 5.82 Å². The van der Waals surface area contributed by atoms with Crippen molar-refractivity contribution < 1.29 is 9.13 Å². The first kappa shape index (κ1) is 11.5. The maximum absolute atomic E-state index is 13.2. The molecule has 0 aromatic heterocycles. The largest absolute Gasteiger partial charge is 0.496 e. The van der Waals surface area contributed by atoms with Crippen molar-refractivity contribution in [1.82, 2.24) is 0 Å². The summed E-state index contributed by atoms with van der Waals surface area (Å²) in [5, 5.41) is 0. The van der Waals surface area contributed by atoms with Crippen LogP contribution in [0.25, 0.3) is 0 Å². The fourth-order valence-electron chi connectivity index (χ4n) is 1.81. The van der Waals surface area contributed by atoms with Crippen molar-refractivity contribution in [2.24, 2.45) is 0 Å². The summed E-state index contributed by atoms with van der Waals surface area (Å²) in [6.45, 7) is 0. The number of methoxy groups -OCH3 is 1. The smallest absolute Gasteiger partial charge is 0.123 e. The lowest BCUT2D eigenvalue weighted by atomic mass is 10.0. The Morgan fingerprint density at radius 3 is 2.71 bits per heavy atom. The van der Waals surface area contributed by atoms with Gasteiger partial charge in [-0.1, -0.05) is 12.1 Å². The topological polar surface area (TPSA) is 35.2 Å². The average Bonchev–Trinajstić information content (AvgIpc) is 2.29. The Balaban J connectivity index is 2.32. The zero-order chi connectivity index (χ0) is 12.3. The molecule has 2 N–H and O–H groups in total. The Hall–Kier alpha value is -2.03. The Kier molecular flexibility index (Phi) is 3.28. The van der Waals surface area contributed by atoms with Gasteiger partial charge in [0.05, 0.1) is 7.11 Å². The number of nitrogens with two attached hydrogens (primary N) is 1. The van der Waals surface area contributed by atoms with Gasteiger partial charge in [0.2, 0.25) is 0 Å². The lowest BCUT2D eigenvalue weighted by Gasteiger charge is -2.09. The van der Waals surface area contributed by atoms with E-state index in [2.05, 4.69) is 0 Å². The number of anilines is 1. The number of nitrogen functional groups attached to an aromatic ring is 1. The van der Waals surface area contributed by atoms with Crippen LogP contribution in [0.1, 0.15) is 11.1 Å². The molecule has 0 fully saturated rings. The van der Waals surface area contributed by atoms with Gasteiger partial charge in [-0.3, -0.25) is 0 Å². The maximum Gasteiger partial charge on any atom is 0.123 e. The summed E-state index contributed by atoms with van der Waals surface area (Å²) in [5.74, 6) is 0.429. The lowest BCUT2D eigenvalue weighted by molar-refractivity contribution is 0.409. The molecular weight excluding hydrogens is 217 g/mol. The zero-order valence-corrected chi connectivity index (χ0v) is 9.61. The minimum absolute atomic E-state index is 0.260. The van der Waals surface area contributed by atoms with Crippen molar-refractivity contribution in [1.29, 1.82) is 0 Å².